The van der Waals surface area contributed by atoms with Gasteiger partial charge in [0.25, 0.3) is 0 Å². The fourth-order valence-electron chi connectivity index (χ4n) is 5.78. The zero-order valence-electron chi connectivity index (χ0n) is 24.4. The van der Waals surface area contributed by atoms with Gasteiger partial charge in [-0.25, -0.2) is 4.98 Å². The van der Waals surface area contributed by atoms with E-state index in [0.29, 0.717) is 11.5 Å². The Hall–Kier alpha value is -4.50. The molecule has 0 unspecified atom stereocenters. The summed E-state index contributed by atoms with van der Waals surface area (Å²) in [6.45, 7) is 8.55. The Balaban J connectivity index is 0.00000329. The first-order chi connectivity index (χ1) is 20.5. The summed E-state index contributed by atoms with van der Waals surface area (Å²) < 4.78 is 10.5. The van der Waals surface area contributed by atoms with Gasteiger partial charge in [0.05, 0.1) is 11.4 Å². The van der Waals surface area contributed by atoms with E-state index < -0.39 is 0 Å². The van der Waals surface area contributed by atoms with Crippen LogP contribution in [0.4, 0.5) is 0 Å². The van der Waals surface area contributed by atoms with Crippen LogP contribution in [0.5, 0.6) is 11.5 Å². The maximum Gasteiger partial charge on any atom is 2.00 e. The smallest absolute Gasteiger partial charge is 0.509 e. The summed E-state index contributed by atoms with van der Waals surface area (Å²) >= 11 is 0. The number of aromatic nitrogens is 4. The second-order valence-electron chi connectivity index (χ2n) is 10.9. The van der Waals surface area contributed by atoms with Crippen molar-refractivity contribution in [3.8, 4) is 34.1 Å². The Bertz CT molecular complexity index is 2070. The Morgan fingerprint density at radius 3 is 2.33 bits per heavy atom. The maximum atomic E-state index is 6.40. The van der Waals surface area contributed by atoms with Crippen molar-refractivity contribution in [1.82, 2.24) is 19.3 Å². The van der Waals surface area contributed by atoms with E-state index in [1.807, 2.05) is 47.3 Å². The Labute approximate surface area is 265 Å². The van der Waals surface area contributed by atoms with Crippen LogP contribution in [0, 0.1) is 26.0 Å². The average Bonchev–Trinajstić information content (AvgIpc) is 3.52. The van der Waals surface area contributed by atoms with Gasteiger partial charge in [0.2, 0.25) is 0 Å². The summed E-state index contributed by atoms with van der Waals surface area (Å²) in [6.07, 6.45) is 1.84. The molecule has 0 atom stereocenters. The summed E-state index contributed by atoms with van der Waals surface area (Å²) in [4.78, 5) is 4.68. The quantitative estimate of drug-likeness (QED) is 0.133. The number of nitrogens with zero attached hydrogens (tertiary/aromatic N) is 4. The molecule has 0 aliphatic heterocycles. The van der Waals surface area contributed by atoms with Gasteiger partial charge >= 0.3 is 20.4 Å². The molecule has 0 bridgehead atoms. The van der Waals surface area contributed by atoms with Crippen molar-refractivity contribution in [2.24, 2.45) is 0 Å². The molecular formula is C37H30N4OPd. The number of aryl methyl sites for hydroxylation is 2. The molecule has 0 aliphatic carbocycles. The van der Waals surface area contributed by atoms with Gasteiger partial charge < -0.3 is 9.30 Å². The van der Waals surface area contributed by atoms with Crippen molar-refractivity contribution >= 4 is 21.8 Å². The molecule has 3 heterocycles. The summed E-state index contributed by atoms with van der Waals surface area (Å²) in [5.74, 6) is 2.32. The van der Waals surface area contributed by atoms with E-state index in [1.54, 1.807) is 0 Å². The molecule has 7 aromatic rings. The number of hydrogen-bond donors (Lipinski definition) is 0. The molecule has 6 heteroatoms. The molecule has 43 heavy (non-hydrogen) atoms. The van der Waals surface area contributed by atoms with Crippen molar-refractivity contribution in [2.75, 3.05) is 0 Å². The standard InChI is InChI=1S/C37H30N4O.Pd/c1-24(2)37-36(27-11-6-5-7-12-27)26(4)39-41(37)28-13-10-14-29(22-28)42-30-17-18-32-31-15-8-9-16-33(31)40(34(32)23-30)35-21-25(3)19-20-38-35;/h5-21,24H,1-4H3;/q-2;+2. The first-order valence-electron chi connectivity index (χ1n) is 14.2. The van der Waals surface area contributed by atoms with Gasteiger partial charge in [-0.15, -0.1) is 35.7 Å². The van der Waals surface area contributed by atoms with Gasteiger partial charge in [-0.1, -0.05) is 67.9 Å². The third kappa shape index (κ3) is 5.18. The third-order valence-electron chi connectivity index (χ3n) is 7.59. The van der Waals surface area contributed by atoms with Crippen LogP contribution in [-0.2, 0) is 20.4 Å². The van der Waals surface area contributed by atoms with Crippen LogP contribution in [0.15, 0.2) is 103 Å². The van der Waals surface area contributed by atoms with Crippen molar-refractivity contribution in [1.29, 1.82) is 0 Å². The number of fused-ring (bicyclic) bond motifs is 3. The second kappa shape index (κ2) is 11.6. The van der Waals surface area contributed by atoms with Gasteiger partial charge in [-0.05, 0) is 60.2 Å². The fraction of sp³-hybridized carbons (Fsp3) is 0.135. The Morgan fingerprint density at radius 2 is 1.53 bits per heavy atom. The van der Waals surface area contributed by atoms with E-state index in [0.717, 1.165) is 50.3 Å². The topological polar surface area (TPSA) is 44.9 Å². The van der Waals surface area contributed by atoms with Crippen LogP contribution in [0.2, 0.25) is 0 Å². The normalized spacial score (nSPS) is 11.3. The van der Waals surface area contributed by atoms with E-state index in [1.165, 1.54) is 11.1 Å². The minimum atomic E-state index is 0. The molecule has 0 saturated heterocycles. The predicted molar refractivity (Wildman–Crippen MR) is 169 cm³/mol. The van der Waals surface area contributed by atoms with Crippen LogP contribution in [0.1, 0.15) is 36.7 Å². The van der Waals surface area contributed by atoms with Gasteiger partial charge in [0.1, 0.15) is 5.82 Å². The van der Waals surface area contributed by atoms with Crippen molar-refractivity contribution in [2.45, 2.75) is 33.6 Å². The van der Waals surface area contributed by atoms with Gasteiger partial charge in [0, 0.05) is 28.8 Å². The maximum absolute atomic E-state index is 6.40. The molecule has 0 amide bonds. The molecule has 0 saturated carbocycles. The zero-order chi connectivity index (χ0) is 28.8. The molecule has 0 spiro atoms. The molecule has 3 aromatic heterocycles. The molecule has 0 aliphatic rings. The number of benzene rings is 4. The minimum absolute atomic E-state index is 0. The molecule has 7 rings (SSSR count). The number of ether oxygens (including phenoxy) is 1. The zero-order valence-corrected chi connectivity index (χ0v) is 26.0. The van der Waals surface area contributed by atoms with E-state index >= 15 is 0 Å². The number of para-hydroxylation sites is 1. The fourth-order valence-corrected chi connectivity index (χ4v) is 5.78. The van der Waals surface area contributed by atoms with Gasteiger partial charge in [-0.3, -0.25) is 4.68 Å². The molecule has 214 valence electrons. The molecule has 0 radical (unpaired) electrons. The van der Waals surface area contributed by atoms with E-state index in [-0.39, 0.29) is 26.3 Å². The number of hydrogen-bond acceptors (Lipinski definition) is 3. The largest absolute Gasteiger partial charge is 2.00 e. The summed E-state index contributed by atoms with van der Waals surface area (Å²) in [7, 11) is 0. The number of pyridine rings is 1. The molecular weight excluding hydrogens is 623 g/mol. The molecule has 0 fully saturated rings. The second-order valence-corrected chi connectivity index (χ2v) is 10.9. The Kier molecular flexibility index (Phi) is 7.75. The molecule has 0 N–H and O–H groups in total. The van der Waals surface area contributed by atoms with Crippen LogP contribution < -0.4 is 4.74 Å². The van der Waals surface area contributed by atoms with E-state index in [4.69, 9.17) is 9.84 Å². The SMILES string of the molecule is Cc1ccnc(-n2c3[c-]c(Oc4[c-]c(-n5nc(C)c(-c6ccccc6)c5C(C)C)ccc4)ccc3c3ccccc32)c1.[Pd+2]. The average molecular weight is 653 g/mol. The van der Waals surface area contributed by atoms with Crippen LogP contribution in [0.25, 0.3) is 44.4 Å². The van der Waals surface area contributed by atoms with Gasteiger partial charge in [-0.2, -0.15) is 17.2 Å². The number of rotatable bonds is 6. The first kappa shape index (κ1) is 28.6. The van der Waals surface area contributed by atoms with E-state index in [9.17, 15) is 0 Å². The van der Waals surface area contributed by atoms with Crippen molar-refractivity contribution in [3.63, 3.8) is 0 Å². The van der Waals surface area contributed by atoms with Crippen LogP contribution >= 0.6 is 0 Å². The molecule has 4 aromatic carbocycles. The van der Waals surface area contributed by atoms with Crippen molar-refractivity contribution < 1.29 is 25.2 Å². The third-order valence-corrected chi connectivity index (χ3v) is 7.59. The first-order valence-corrected chi connectivity index (χ1v) is 14.2. The summed E-state index contributed by atoms with van der Waals surface area (Å²) in [5.41, 5.74) is 8.45. The summed E-state index contributed by atoms with van der Waals surface area (Å²) in [5, 5.41) is 7.20. The predicted octanol–water partition coefficient (Wildman–Crippen LogP) is 9.16. The summed E-state index contributed by atoms with van der Waals surface area (Å²) in [6, 6.07) is 39.9. The monoisotopic (exact) mass is 652 g/mol. The Morgan fingerprint density at radius 1 is 0.767 bits per heavy atom. The molecule has 5 nitrogen and oxygen atoms in total. The van der Waals surface area contributed by atoms with E-state index in [2.05, 4.69) is 110 Å². The van der Waals surface area contributed by atoms with Gasteiger partial charge in [0.15, 0.2) is 0 Å². The van der Waals surface area contributed by atoms with Crippen LogP contribution in [-0.4, -0.2) is 19.3 Å². The van der Waals surface area contributed by atoms with Crippen molar-refractivity contribution in [3.05, 3.63) is 132 Å². The van der Waals surface area contributed by atoms with Crippen LogP contribution in [0.3, 0.4) is 0 Å². The minimum Gasteiger partial charge on any atom is -0.509 e.